The standard InChI is InChI=1S/C9H16O/c1-2-3-8(6-7-10)9-4-5-9/h7-9H,2-6H2,1H3. The Morgan fingerprint density at radius 3 is 2.70 bits per heavy atom. The van der Waals surface area contributed by atoms with E-state index < -0.39 is 0 Å². The Hall–Kier alpha value is -0.330. The van der Waals surface area contributed by atoms with Crippen molar-refractivity contribution in [1.82, 2.24) is 0 Å². The van der Waals surface area contributed by atoms with Gasteiger partial charge in [0.15, 0.2) is 0 Å². The van der Waals surface area contributed by atoms with Crippen LogP contribution in [0.15, 0.2) is 0 Å². The topological polar surface area (TPSA) is 17.1 Å². The summed E-state index contributed by atoms with van der Waals surface area (Å²) in [5.74, 6) is 1.63. The fourth-order valence-corrected chi connectivity index (χ4v) is 1.61. The van der Waals surface area contributed by atoms with Crippen LogP contribution in [0.5, 0.6) is 0 Å². The lowest BCUT2D eigenvalue weighted by atomic mass is 9.95. The number of carbonyl (C=O) groups excluding carboxylic acids is 1. The molecule has 0 aromatic heterocycles. The highest BCUT2D eigenvalue weighted by Gasteiger charge is 2.29. The number of rotatable bonds is 5. The Morgan fingerprint density at radius 2 is 2.30 bits per heavy atom. The van der Waals surface area contributed by atoms with Crippen LogP contribution < -0.4 is 0 Å². The minimum Gasteiger partial charge on any atom is -0.303 e. The van der Waals surface area contributed by atoms with Crippen molar-refractivity contribution >= 4 is 6.29 Å². The maximum Gasteiger partial charge on any atom is 0.120 e. The first-order chi connectivity index (χ1) is 4.88. The van der Waals surface area contributed by atoms with Gasteiger partial charge in [0.25, 0.3) is 0 Å². The normalized spacial score (nSPS) is 20.5. The first kappa shape index (κ1) is 7.77. The molecule has 0 radical (unpaired) electrons. The lowest BCUT2D eigenvalue weighted by molar-refractivity contribution is -0.108. The van der Waals surface area contributed by atoms with Crippen molar-refractivity contribution in [2.75, 3.05) is 0 Å². The van der Waals surface area contributed by atoms with Crippen LogP contribution in [0.3, 0.4) is 0 Å². The van der Waals surface area contributed by atoms with Crippen molar-refractivity contribution in [1.29, 1.82) is 0 Å². The van der Waals surface area contributed by atoms with Gasteiger partial charge in [-0.1, -0.05) is 19.8 Å². The third-order valence-electron chi connectivity index (χ3n) is 2.35. The first-order valence-electron chi connectivity index (χ1n) is 4.32. The summed E-state index contributed by atoms with van der Waals surface area (Å²) in [6.07, 6.45) is 7.12. The van der Waals surface area contributed by atoms with E-state index in [9.17, 15) is 4.79 Å². The van der Waals surface area contributed by atoms with Crippen LogP contribution in [-0.4, -0.2) is 6.29 Å². The Bertz CT molecular complexity index is 105. The van der Waals surface area contributed by atoms with Gasteiger partial charge in [-0.25, -0.2) is 0 Å². The monoisotopic (exact) mass is 140 g/mol. The smallest absolute Gasteiger partial charge is 0.120 e. The summed E-state index contributed by atoms with van der Waals surface area (Å²) < 4.78 is 0. The number of hydrogen-bond donors (Lipinski definition) is 0. The molecule has 0 saturated heterocycles. The highest BCUT2D eigenvalue weighted by Crippen LogP contribution is 2.40. The minimum absolute atomic E-state index is 0.725. The van der Waals surface area contributed by atoms with E-state index in [4.69, 9.17) is 0 Å². The molecule has 0 spiro atoms. The number of aldehydes is 1. The number of carbonyl (C=O) groups is 1. The van der Waals surface area contributed by atoms with E-state index in [1.54, 1.807) is 0 Å². The van der Waals surface area contributed by atoms with E-state index in [2.05, 4.69) is 6.92 Å². The fourth-order valence-electron chi connectivity index (χ4n) is 1.61. The largest absolute Gasteiger partial charge is 0.303 e. The first-order valence-corrected chi connectivity index (χ1v) is 4.32. The summed E-state index contributed by atoms with van der Waals surface area (Å²) in [5.41, 5.74) is 0. The lowest BCUT2D eigenvalue weighted by Crippen LogP contribution is -2.02. The molecule has 1 aliphatic carbocycles. The van der Waals surface area contributed by atoms with Gasteiger partial charge in [0, 0.05) is 6.42 Å². The third-order valence-corrected chi connectivity index (χ3v) is 2.35. The maximum atomic E-state index is 10.2. The Labute approximate surface area is 62.8 Å². The molecule has 1 unspecified atom stereocenters. The highest BCUT2D eigenvalue weighted by atomic mass is 16.1. The highest BCUT2D eigenvalue weighted by molar-refractivity contribution is 5.49. The summed E-state index contributed by atoms with van der Waals surface area (Å²) in [5, 5.41) is 0. The summed E-state index contributed by atoms with van der Waals surface area (Å²) >= 11 is 0. The zero-order chi connectivity index (χ0) is 7.40. The molecule has 58 valence electrons. The van der Waals surface area contributed by atoms with E-state index in [1.165, 1.54) is 25.7 Å². The van der Waals surface area contributed by atoms with Crippen LogP contribution in [0.4, 0.5) is 0 Å². The van der Waals surface area contributed by atoms with Crippen molar-refractivity contribution in [3.8, 4) is 0 Å². The Kier molecular flexibility index (Phi) is 2.91. The van der Waals surface area contributed by atoms with Crippen LogP contribution in [0.2, 0.25) is 0 Å². The van der Waals surface area contributed by atoms with Crippen molar-refractivity contribution < 1.29 is 4.79 Å². The van der Waals surface area contributed by atoms with Crippen molar-refractivity contribution in [2.24, 2.45) is 11.8 Å². The Balaban J connectivity index is 2.19. The summed E-state index contributed by atoms with van der Waals surface area (Å²) in [6, 6.07) is 0. The average molecular weight is 140 g/mol. The summed E-state index contributed by atoms with van der Waals surface area (Å²) in [4.78, 5) is 10.2. The van der Waals surface area contributed by atoms with Gasteiger partial charge in [-0.05, 0) is 24.7 Å². The Morgan fingerprint density at radius 1 is 1.60 bits per heavy atom. The van der Waals surface area contributed by atoms with Gasteiger partial charge in [-0.2, -0.15) is 0 Å². The van der Waals surface area contributed by atoms with Crippen LogP contribution in [0, 0.1) is 11.8 Å². The van der Waals surface area contributed by atoms with Crippen LogP contribution >= 0.6 is 0 Å². The van der Waals surface area contributed by atoms with Gasteiger partial charge in [0.2, 0.25) is 0 Å². The quantitative estimate of drug-likeness (QED) is 0.536. The van der Waals surface area contributed by atoms with Crippen LogP contribution in [0.1, 0.15) is 39.0 Å². The van der Waals surface area contributed by atoms with E-state index in [-0.39, 0.29) is 0 Å². The molecular formula is C9H16O. The molecule has 1 heteroatoms. The van der Waals surface area contributed by atoms with Crippen LogP contribution in [-0.2, 0) is 4.79 Å². The molecule has 1 saturated carbocycles. The van der Waals surface area contributed by atoms with E-state index in [1.807, 2.05) is 0 Å². The van der Waals surface area contributed by atoms with Crippen molar-refractivity contribution in [3.63, 3.8) is 0 Å². The van der Waals surface area contributed by atoms with Gasteiger partial charge >= 0.3 is 0 Å². The molecule has 0 N–H and O–H groups in total. The third kappa shape index (κ3) is 2.13. The van der Waals surface area contributed by atoms with Gasteiger partial charge in [-0.3, -0.25) is 0 Å². The molecule has 0 bridgehead atoms. The maximum absolute atomic E-state index is 10.2. The predicted octanol–water partition coefficient (Wildman–Crippen LogP) is 2.40. The van der Waals surface area contributed by atoms with E-state index in [0.29, 0.717) is 0 Å². The molecule has 1 nitrogen and oxygen atoms in total. The SMILES string of the molecule is CCCC(CC=O)C1CC1. The van der Waals surface area contributed by atoms with Crippen molar-refractivity contribution in [3.05, 3.63) is 0 Å². The molecule has 0 aliphatic heterocycles. The van der Waals surface area contributed by atoms with Gasteiger partial charge in [0.05, 0.1) is 0 Å². The molecule has 1 aliphatic rings. The molecular weight excluding hydrogens is 124 g/mol. The molecule has 10 heavy (non-hydrogen) atoms. The van der Waals surface area contributed by atoms with E-state index >= 15 is 0 Å². The van der Waals surface area contributed by atoms with Crippen LogP contribution in [0.25, 0.3) is 0 Å². The zero-order valence-electron chi connectivity index (χ0n) is 6.68. The van der Waals surface area contributed by atoms with Gasteiger partial charge in [0.1, 0.15) is 6.29 Å². The summed E-state index contributed by atoms with van der Waals surface area (Å²) in [7, 11) is 0. The predicted molar refractivity (Wildman–Crippen MR) is 41.8 cm³/mol. The van der Waals surface area contributed by atoms with E-state index in [0.717, 1.165) is 24.5 Å². The summed E-state index contributed by atoms with van der Waals surface area (Å²) in [6.45, 7) is 2.19. The molecule has 0 amide bonds. The molecule has 1 rings (SSSR count). The fraction of sp³-hybridized carbons (Fsp3) is 0.889. The molecule has 0 heterocycles. The molecule has 1 fully saturated rings. The second kappa shape index (κ2) is 3.75. The van der Waals surface area contributed by atoms with Gasteiger partial charge in [-0.15, -0.1) is 0 Å². The molecule has 0 aromatic rings. The minimum atomic E-state index is 0.725. The lowest BCUT2D eigenvalue weighted by Gasteiger charge is -2.09. The average Bonchev–Trinajstić information content (AvgIpc) is 2.69. The van der Waals surface area contributed by atoms with Crippen molar-refractivity contribution in [2.45, 2.75) is 39.0 Å². The molecule has 1 atom stereocenters. The second-order valence-corrected chi connectivity index (χ2v) is 3.29. The second-order valence-electron chi connectivity index (χ2n) is 3.29. The number of hydrogen-bond acceptors (Lipinski definition) is 1. The molecule has 0 aromatic carbocycles. The van der Waals surface area contributed by atoms with Gasteiger partial charge < -0.3 is 4.79 Å². The zero-order valence-corrected chi connectivity index (χ0v) is 6.68.